The van der Waals surface area contributed by atoms with Crippen LogP contribution in [0.1, 0.15) is 32.1 Å². The Morgan fingerprint density at radius 1 is 1.22 bits per heavy atom. The number of methoxy groups -OCH3 is 1. The van der Waals surface area contributed by atoms with Gasteiger partial charge in [0.15, 0.2) is 0 Å². The number of ether oxygens (including phenoxy) is 2. The molecule has 2 atom stereocenters. The highest BCUT2D eigenvalue weighted by Gasteiger charge is 2.30. The number of carbonyl (C=O) groups is 1. The molecule has 6 nitrogen and oxygen atoms in total. The average molecular weight is 317 g/mol. The molecule has 0 aromatic carbocycles. The smallest absolute Gasteiger partial charge is 0.278 e. The van der Waals surface area contributed by atoms with Crippen LogP contribution in [0.25, 0.3) is 0 Å². The number of hydrogen-bond donors (Lipinski definition) is 0. The fourth-order valence-corrected chi connectivity index (χ4v) is 3.20. The van der Waals surface area contributed by atoms with E-state index < -0.39 is 0 Å². The maximum absolute atomic E-state index is 12.7. The molecule has 1 saturated heterocycles. The minimum Gasteiger partial charge on any atom is -0.477 e. The van der Waals surface area contributed by atoms with Gasteiger partial charge in [0, 0.05) is 24.9 Å². The van der Waals surface area contributed by atoms with Crippen molar-refractivity contribution in [1.29, 1.82) is 0 Å². The third-order valence-corrected chi connectivity index (χ3v) is 4.41. The Balaban J connectivity index is 1.61. The first-order valence-electron chi connectivity index (χ1n) is 8.23. The molecule has 0 radical (unpaired) electrons. The van der Waals surface area contributed by atoms with E-state index in [4.69, 9.17) is 9.47 Å². The van der Waals surface area contributed by atoms with Crippen molar-refractivity contribution in [2.24, 2.45) is 5.92 Å². The summed E-state index contributed by atoms with van der Waals surface area (Å²) in [6.07, 6.45) is 12.0. The number of allylic oxidation sites excluding steroid dienone is 2. The van der Waals surface area contributed by atoms with Crippen molar-refractivity contribution in [2.45, 2.75) is 38.2 Å². The predicted octanol–water partition coefficient (Wildman–Crippen LogP) is 2.21. The molecule has 124 valence electrons. The predicted molar refractivity (Wildman–Crippen MR) is 85.3 cm³/mol. The van der Waals surface area contributed by atoms with Crippen LogP contribution in [0.15, 0.2) is 24.5 Å². The van der Waals surface area contributed by atoms with E-state index in [1.165, 1.54) is 0 Å². The number of carbonyl (C=O) groups excluding carboxylic acids is 1. The Bertz CT molecular complexity index is 576. The van der Waals surface area contributed by atoms with Crippen LogP contribution in [-0.4, -0.2) is 47.1 Å². The topological polar surface area (TPSA) is 64.6 Å². The molecule has 1 aromatic heterocycles. The van der Waals surface area contributed by atoms with E-state index in [1.54, 1.807) is 19.5 Å². The molecule has 0 N–H and O–H groups in total. The van der Waals surface area contributed by atoms with Crippen LogP contribution < -0.4 is 9.47 Å². The monoisotopic (exact) mass is 317 g/mol. The fourth-order valence-electron chi connectivity index (χ4n) is 3.20. The second kappa shape index (κ2) is 7.44. The number of nitrogens with zero attached hydrogens (tertiary/aromatic N) is 3. The van der Waals surface area contributed by atoms with Gasteiger partial charge in [-0.1, -0.05) is 12.2 Å². The van der Waals surface area contributed by atoms with Gasteiger partial charge >= 0.3 is 0 Å². The molecule has 1 aromatic rings. The summed E-state index contributed by atoms with van der Waals surface area (Å²) in [7, 11) is 1.55. The lowest BCUT2D eigenvalue weighted by Crippen LogP contribution is -2.46. The molecular formula is C17H23N3O3. The lowest BCUT2D eigenvalue weighted by Gasteiger charge is -2.35. The summed E-state index contributed by atoms with van der Waals surface area (Å²) in [5, 5.41) is 0. The van der Waals surface area contributed by atoms with Crippen molar-refractivity contribution in [3.63, 3.8) is 0 Å². The minimum atomic E-state index is -0.0579. The molecule has 2 heterocycles. The van der Waals surface area contributed by atoms with Gasteiger partial charge in [0.1, 0.15) is 6.10 Å². The third-order valence-electron chi connectivity index (χ3n) is 4.41. The van der Waals surface area contributed by atoms with Crippen LogP contribution in [0.3, 0.4) is 0 Å². The van der Waals surface area contributed by atoms with E-state index in [0.29, 0.717) is 18.3 Å². The Morgan fingerprint density at radius 3 is 2.78 bits per heavy atom. The van der Waals surface area contributed by atoms with Crippen LogP contribution in [0, 0.1) is 5.92 Å². The Hall–Kier alpha value is -2.11. The van der Waals surface area contributed by atoms with Crippen LogP contribution >= 0.6 is 0 Å². The van der Waals surface area contributed by atoms with Crippen molar-refractivity contribution < 1.29 is 14.3 Å². The maximum Gasteiger partial charge on any atom is 0.278 e. The van der Waals surface area contributed by atoms with Crippen LogP contribution in [-0.2, 0) is 4.79 Å². The highest BCUT2D eigenvalue weighted by atomic mass is 16.5. The Kier molecular flexibility index (Phi) is 5.10. The van der Waals surface area contributed by atoms with E-state index in [1.807, 2.05) is 4.90 Å². The van der Waals surface area contributed by atoms with Crippen molar-refractivity contribution >= 4 is 5.91 Å². The van der Waals surface area contributed by atoms with E-state index in [0.717, 1.165) is 38.6 Å². The standard InChI is InChI=1S/C17H23N3O3/c1-22-15-16(19-10-9-18-15)23-14-8-5-11-20(12-14)17(21)13-6-3-2-4-7-13/h2-3,9-10,13-14H,4-8,11-12H2,1H3/t13-,14-/m0/s1. The van der Waals surface area contributed by atoms with Crippen molar-refractivity contribution in [1.82, 2.24) is 14.9 Å². The summed E-state index contributed by atoms with van der Waals surface area (Å²) >= 11 is 0. The molecule has 3 rings (SSSR count). The van der Waals surface area contributed by atoms with Crippen molar-refractivity contribution in [3.8, 4) is 11.8 Å². The van der Waals surface area contributed by atoms with E-state index in [-0.39, 0.29) is 17.9 Å². The second-order valence-corrected chi connectivity index (χ2v) is 6.02. The van der Waals surface area contributed by atoms with Gasteiger partial charge in [0.2, 0.25) is 5.91 Å². The van der Waals surface area contributed by atoms with Gasteiger partial charge in [-0.15, -0.1) is 0 Å². The second-order valence-electron chi connectivity index (χ2n) is 6.02. The van der Waals surface area contributed by atoms with E-state index in [2.05, 4.69) is 22.1 Å². The van der Waals surface area contributed by atoms with Gasteiger partial charge in [0.25, 0.3) is 11.8 Å². The lowest BCUT2D eigenvalue weighted by molar-refractivity contribution is -0.138. The molecular weight excluding hydrogens is 294 g/mol. The minimum absolute atomic E-state index is 0.0579. The fraction of sp³-hybridized carbons (Fsp3) is 0.588. The molecule has 23 heavy (non-hydrogen) atoms. The number of rotatable bonds is 4. The van der Waals surface area contributed by atoms with Crippen LogP contribution in [0.4, 0.5) is 0 Å². The largest absolute Gasteiger partial charge is 0.477 e. The normalized spacial score (nSPS) is 24.3. The first kappa shape index (κ1) is 15.8. The third kappa shape index (κ3) is 3.81. The van der Waals surface area contributed by atoms with Gasteiger partial charge in [0.05, 0.1) is 13.7 Å². The molecule has 1 fully saturated rings. The van der Waals surface area contributed by atoms with Gasteiger partial charge in [-0.05, 0) is 32.1 Å². The maximum atomic E-state index is 12.7. The number of piperidine rings is 1. The summed E-state index contributed by atoms with van der Waals surface area (Å²) in [4.78, 5) is 22.9. The SMILES string of the molecule is COc1nccnc1O[C@H]1CCCN(C(=O)[C@H]2CC=CCC2)C1. The quantitative estimate of drug-likeness (QED) is 0.797. The first-order valence-corrected chi connectivity index (χ1v) is 8.23. The highest BCUT2D eigenvalue weighted by molar-refractivity contribution is 5.79. The zero-order valence-corrected chi connectivity index (χ0v) is 13.5. The summed E-state index contributed by atoms with van der Waals surface area (Å²) < 4.78 is 11.1. The molecule has 6 heteroatoms. The lowest BCUT2D eigenvalue weighted by atomic mass is 9.92. The number of amides is 1. The first-order chi connectivity index (χ1) is 11.3. The van der Waals surface area contributed by atoms with E-state index in [9.17, 15) is 4.79 Å². The Morgan fingerprint density at radius 2 is 2.04 bits per heavy atom. The zero-order valence-electron chi connectivity index (χ0n) is 13.5. The molecule has 2 aliphatic rings. The molecule has 0 bridgehead atoms. The summed E-state index contributed by atoms with van der Waals surface area (Å²) in [6.45, 7) is 1.43. The van der Waals surface area contributed by atoms with Gasteiger partial charge in [-0.2, -0.15) is 0 Å². The van der Waals surface area contributed by atoms with Crippen molar-refractivity contribution in [3.05, 3.63) is 24.5 Å². The molecule has 1 aliphatic carbocycles. The highest BCUT2D eigenvalue weighted by Crippen LogP contribution is 2.26. The zero-order chi connectivity index (χ0) is 16.1. The van der Waals surface area contributed by atoms with E-state index >= 15 is 0 Å². The summed E-state index contributed by atoms with van der Waals surface area (Å²) in [5.41, 5.74) is 0. The number of aromatic nitrogens is 2. The van der Waals surface area contributed by atoms with Gasteiger partial charge < -0.3 is 14.4 Å². The van der Waals surface area contributed by atoms with Gasteiger partial charge in [-0.3, -0.25) is 4.79 Å². The van der Waals surface area contributed by atoms with Gasteiger partial charge in [-0.25, -0.2) is 9.97 Å². The molecule has 0 unspecified atom stereocenters. The number of likely N-dealkylation sites (tertiary alicyclic amines) is 1. The molecule has 1 amide bonds. The molecule has 1 aliphatic heterocycles. The summed E-state index contributed by atoms with van der Waals surface area (Å²) in [6, 6.07) is 0. The van der Waals surface area contributed by atoms with Crippen molar-refractivity contribution in [2.75, 3.05) is 20.2 Å². The molecule has 0 spiro atoms. The number of hydrogen-bond acceptors (Lipinski definition) is 5. The Labute approximate surface area is 136 Å². The van der Waals surface area contributed by atoms with Crippen LogP contribution in [0.2, 0.25) is 0 Å². The molecule has 0 saturated carbocycles. The average Bonchev–Trinajstić information content (AvgIpc) is 2.62. The summed E-state index contributed by atoms with van der Waals surface area (Å²) in [5.74, 6) is 1.17. The van der Waals surface area contributed by atoms with Crippen LogP contribution in [0.5, 0.6) is 11.8 Å².